The lowest BCUT2D eigenvalue weighted by Gasteiger charge is -2.22. The summed E-state index contributed by atoms with van der Waals surface area (Å²) in [5, 5.41) is 2.52. The van der Waals surface area contributed by atoms with Crippen LogP contribution >= 0.6 is 0 Å². The Morgan fingerprint density at radius 2 is 1.62 bits per heavy atom. The number of imidazole rings is 1. The van der Waals surface area contributed by atoms with Gasteiger partial charge in [-0.2, -0.15) is 0 Å². The molecule has 0 aliphatic rings. The van der Waals surface area contributed by atoms with Crippen LogP contribution in [-0.2, 0) is 32.0 Å². The zero-order valence-electron chi connectivity index (χ0n) is 19.4. The Kier molecular flexibility index (Phi) is 8.02. The van der Waals surface area contributed by atoms with Crippen molar-refractivity contribution in [1.82, 2.24) is 15.3 Å². The van der Waals surface area contributed by atoms with Crippen LogP contribution < -0.4 is 5.32 Å². The van der Waals surface area contributed by atoms with Crippen LogP contribution in [-0.4, -0.2) is 45.2 Å². The smallest absolute Gasteiger partial charge is 0.408 e. The molecule has 9 heteroatoms. The van der Waals surface area contributed by atoms with Gasteiger partial charge in [0.2, 0.25) is 0 Å². The van der Waals surface area contributed by atoms with E-state index in [4.69, 9.17) is 14.2 Å². The SMILES string of the molecule is CC(C)(C)OC(=O)NC(Cc1ncc(C(=O)OC(C)(C)C)[nH]1)C(=O)OCc1ccccc1. The number of ether oxygens (including phenoxy) is 3. The molecule has 0 fully saturated rings. The van der Waals surface area contributed by atoms with Crippen LogP contribution in [0.2, 0.25) is 0 Å². The highest BCUT2D eigenvalue weighted by molar-refractivity contribution is 5.87. The Morgan fingerprint density at radius 3 is 2.22 bits per heavy atom. The minimum Gasteiger partial charge on any atom is -0.459 e. The highest BCUT2D eigenvalue weighted by atomic mass is 16.6. The van der Waals surface area contributed by atoms with E-state index in [0.29, 0.717) is 5.82 Å². The zero-order chi connectivity index (χ0) is 23.9. The van der Waals surface area contributed by atoms with Crippen molar-refractivity contribution in [3.05, 3.63) is 53.6 Å². The molecule has 9 nitrogen and oxygen atoms in total. The lowest BCUT2D eigenvalue weighted by Crippen LogP contribution is -2.45. The molecule has 0 saturated carbocycles. The van der Waals surface area contributed by atoms with Crippen LogP contribution in [0, 0.1) is 0 Å². The number of H-pyrrole nitrogens is 1. The van der Waals surface area contributed by atoms with Gasteiger partial charge in [0.15, 0.2) is 0 Å². The maximum atomic E-state index is 12.7. The molecule has 0 aliphatic carbocycles. The summed E-state index contributed by atoms with van der Waals surface area (Å²) in [5.41, 5.74) is -0.452. The number of hydrogen-bond acceptors (Lipinski definition) is 7. The third-order valence-corrected chi connectivity index (χ3v) is 3.84. The van der Waals surface area contributed by atoms with Gasteiger partial charge in [-0.3, -0.25) is 0 Å². The minimum atomic E-state index is -1.08. The first-order valence-corrected chi connectivity index (χ1v) is 10.3. The van der Waals surface area contributed by atoms with Gasteiger partial charge in [-0.25, -0.2) is 19.4 Å². The fourth-order valence-electron chi connectivity index (χ4n) is 2.57. The molecule has 2 aromatic rings. The standard InChI is InChI=1S/C23H31N3O6/c1-22(2,3)31-20(28)17-13-24-18(25-17)12-16(26-21(29)32-23(4,5)6)19(27)30-14-15-10-8-7-9-11-15/h7-11,13,16H,12,14H2,1-6H3,(H,24,25)(H,26,29). The van der Waals surface area contributed by atoms with Crippen molar-refractivity contribution in [3.63, 3.8) is 0 Å². The molecular formula is C23H31N3O6. The molecule has 32 heavy (non-hydrogen) atoms. The summed E-state index contributed by atoms with van der Waals surface area (Å²) < 4.78 is 15.9. The van der Waals surface area contributed by atoms with Gasteiger partial charge < -0.3 is 24.5 Å². The molecule has 0 saturated heterocycles. The summed E-state index contributed by atoms with van der Waals surface area (Å²) in [6.45, 7) is 10.5. The number of aromatic amines is 1. The molecule has 2 rings (SSSR count). The molecule has 2 N–H and O–H groups in total. The fourth-order valence-corrected chi connectivity index (χ4v) is 2.57. The number of carbonyl (C=O) groups is 3. The molecule has 1 aromatic carbocycles. The maximum Gasteiger partial charge on any atom is 0.408 e. The van der Waals surface area contributed by atoms with E-state index >= 15 is 0 Å². The van der Waals surface area contributed by atoms with E-state index in [9.17, 15) is 14.4 Å². The van der Waals surface area contributed by atoms with Gasteiger partial charge in [-0.1, -0.05) is 30.3 Å². The summed E-state index contributed by atoms with van der Waals surface area (Å²) in [7, 11) is 0. The summed E-state index contributed by atoms with van der Waals surface area (Å²) in [6.07, 6.45) is 0.525. The first-order chi connectivity index (χ1) is 14.8. The summed E-state index contributed by atoms with van der Waals surface area (Å²) >= 11 is 0. The molecule has 0 radical (unpaired) electrons. The van der Waals surface area contributed by atoms with Crippen molar-refractivity contribution >= 4 is 18.0 Å². The normalized spacial score (nSPS) is 12.6. The van der Waals surface area contributed by atoms with Crippen molar-refractivity contribution in [2.45, 2.75) is 71.8 Å². The van der Waals surface area contributed by atoms with Crippen molar-refractivity contribution < 1.29 is 28.6 Å². The van der Waals surface area contributed by atoms with Crippen molar-refractivity contribution in [3.8, 4) is 0 Å². The molecule has 0 bridgehead atoms. The zero-order valence-corrected chi connectivity index (χ0v) is 19.4. The maximum absolute atomic E-state index is 12.7. The second-order valence-electron chi connectivity index (χ2n) is 9.24. The average Bonchev–Trinajstić information content (AvgIpc) is 3.12. The predicted molar refractivity (Wildman–Crippen MR) is 117 cm³/mol. The number of aromatic nitrogens is 2. The third kappa shape index (κ3) is 8.79. The highest BCUT2D eigenvalue weighted by Gasteiger charge is 2.28. The average molecular weight is 446 g/mol. The number of alkyl carbamates (subject to hydrolysis) is 1. The van der Waals surface area contributed by atoms with Crippen LogP contribution in [0.4, 0.5) is 4.79 Å². The summed E-state index contributed by atoms with van der Waals surface area (Å²) in [6, 6.07) is 8.09. The molecule has 174 valence electrons. The quantitative estimate of drug-likeness (QED) is 0.494. The monoisotopic (exact) mass is 445 g/mol. The number of rotatable bonds is 7. The number of nitrogens with one attached hydrogen (secondary N) is 2. The number of esters is 2. The Bertz CT molecular complexity index is 925. The van der Waals surface area contributed by atoms with Crippen LogP contribution in [0.3, 0.4) is 0 Å². The molecule has 1 unspecified atom stereocenters. The molecular weight excluding hydrogens is 414 g/mol. The van der Waals surface area contributed by atoms with E-state index in [2.05, 4.69) is 15.3 Å². The van der Waals surface area contributed by atoms with Crippen LogP contribution in [0.5, 0.6) is 0 Å². The molecule has 1 aromatic heterocycles. The number of hydrogen-bond donors (Lipinski definition) is 2. The van der Waals surface area contributed by atoms with Crippen LogP contribution in [0.1, 0.15) is 63.4 Å². The Labute approximate surface area is 187 Å². The number of amides is 1. The molecule has 1 atom stereocenters. The van der Waals surface area contributed by atoms with E-state index in [0.717, 1.165) is 5.56 Å². The molecule has 1 amide bonds. The lowest BCUT2D eigenvalue weighted by molar-refractivity contribution is -0.147. The Morgan fingerprint density at radius 1 is 1.00 bits per heavy atom. The summed E-state index contributed by atoms with van der Waals surface area (Å²) in [5.74, 6) is -0.918. The van der Waals surface area contributed by atoms with Crippen molar-refractivity contribution in [1.29, 1.82) is 0 Å². The van der Waals surface area contributed by atoms with E-state index in [-0.39, 0.29) is 18.7 Å². The van der Waals surface area contributed by atoms with Gasteiger partial charge in [-0.05, 0) is 47.1 Å². The van der Waals surface area contributed by atoms with Gasteiger partial charge in [0.1, 0.15) is 35.4 Å². The first kappa shape index (κ1) is 24.9. The van der Waals surface area contributed by atoms with Crippen molar-refractivity contribution in [2.75, 3.05) is 0 Å². The largest absolute Gasteiger partial charge is 0.459 e. The van der Waals surface area contributed by atoms with E-state index < -0.39 is 35.3 Å². The number of carbonyl (C=O) groups excluding carboxylic acids is 3. The van der Waals surface area contributed by atoms with Gasteiger partial charge >= 0.3 is 18.0 Å². The van der Waals surface area contributed by atoms with Gasteiger partial charge in [0.05, 0.1) is 6.20 Å². The first-order valence-electron chi connectivity index (χ1n) is 10.3. The molecule has 0 aliphatic heterocycles. The van der Waals surface area contributed by atoms with Crippen LogP contribution in [0.15, 0.2) is 36.5 Å². The van der Waals surface area contributed by atoms with E-state index in [1.165, 1.54) is 6.20 Å². The Balaban J connectivity index is 2.10. The van der Waals surface area contributed by atoms with Crippen LogP contribution in [0.25, 0.3) is 0 Å². The van der Waals surface area contributed by atoms with Gasteiger partial charge in [0, 0.05) is 6.42 Å². The topological polar surface area (TPSA) is 120 Å². The second kappa shape index (κ2) is 10.3. The third-order valence-electron chi connectivity index (χ3n) is 3.84. The number of nitrogens with zero attached hydrogens (tertiary/aromatic N) is 1. The van der Waals surface area contributed by atoms with Gasteiger partial charge in [0.25, 0.3) is 0 Å². The molecule has 1 heterocycles. The minimum absolute atomic E-state index is 0.0321. The fraction of sp³-hybridized carbons (Fsp3) is 0.478. The summed E-state index contributed by atoms with van der Waals surface area (Å²) in [4.78, 5) is 44.2. The van der Waals surface area contributed by atoms with Crippen molar-refractivity contribution in [2.24, 2.45) is 0 Å². The Hall–Kier alpha value is -3.36. The second-order valence-corrected chi connectivity index (χ2v) is 9.24. The lowest BCUT2D eigenvalue weighted by atomic mass is 10.2. The van der Waals surface area contributed by atoms with Gasteiger partial charge in [-0.15, -0.1) is 0 Å². The van der Waals surface area contributed by atoms with E-state index in [1.807, 2.05) is 30.3 Å². The predicted octanol–water partition coefficient (Wildman–Crippen LogP) is 3.54. The highest BCUT2D eigenvalue weighted by Crippen LogP contribution is 2.13. The number of benzene rings is 1. The molecule has 0 spiro atoms. The van der Waals surface area contributed by atoms with E-state index in [1.54, 1.807) is 41.5 Å².